The third kappa shape index (κ3) is 3.45. The summed E-state index contributed by atoms with van der Waals surface area (Å²) >= 11 is 0. The Kier molecular flexibility index (Phi) is 5.90. The van der Waals surface area contributed by atoms with Crippen LogP contribution < -0.4 is 4.90 Å². The molecule has 0 aliphatic carbocycles. The van der Waals surface area contributed by atoms with Crippen LogP contribution in [0, 0.1) is 0 Å². The number of ether oxygens (including phenoxy) is 1. The van der Waals surface area contributed by atoms with E-state index < -0.39 is 6.10 Å². The number of carbonyl (C=O) groups excluding carboxylic acids is 2. The molecule has 0 saturated carbocycles. The Hall–Kier alpha value is -1.94. The van der Waals surface area contributed by atoms with Crippen LogP contribution in [0.1, 0.15) is 43.0 Å². The minimum Gasteiger partial charge on any atom is -0.356 e. The van der Waals surface area contributed by atoms with E-state index >= 15 is 0 Å². The van der Waals surface area contributed by atoms with Gasteiger partial charge >= 0.3 is 0 Å². The minimum atomic E-state index is -1.04. The molecule has 22 heavy (non-hydrogen) atoms. The fourth-order valence-electron chi connectivity index (χ4n) is 2.67. The average molecular weight is 301 g/mol. The number of Topliss-reactive ketones (excluding diaryl/α,β-unsaturated/α-hetero) is 1. The third-order valence-electron chi connectivity index (χ3n) is 3.80. The van der Waals surface area contributed by atoms with Gasteiger partial charge in [0.25, 0.3) is 5.91 Å². The van der Waals surface area contributed by atoms with E-state index in [1.54, 1.807) is 17.0 Å². The second kappa shape index (κ2) is 7.90. The molecule has 1 aromatic rings. The first-order valence-electron chi connectivity index (χ1n) is 7.87. The van der Waals surface area contributed by atoms with Crippen molar-refractivity contribution < 1.29 is 14.3 Å². The second-order valence-electron chi connectivity index (χ2n) is 5.43. The molecule has 1 atom stereocenters. The second-order valence-corrected chi connectivity index (χ2v) is 5.43. The van der Waals surface area contributed by atoms with Crippen LogP contribution >= 0.6 is 0 Å². The van der Waals surface area contributed by atoms with E-state index in [0.29, 0.717) is 17.8 Å². The van der Waals surface area contributed by atoms with Gasteiger partial charge in [0.2, 0.25) is 5.78 Å². The lowest BCUT2D eigenvalue weighted by Crippen LogP contribution is -2.49. The zero-order chi connectivity index (χ0) is 15.9. The normalized spacial score (nSPS) is 17.5. The summed E-state index contributed by atoms with van der Waals surface area (Å²) in [7, 11) is 0. The number of carbonyl (C=O) groups is 2. The van der Waals surface area contributed by atoms with Crippen molar-refractivity contribution in [3.63, 3.8) is 0 Å². The highest BCUT2D eigenvalue weighted by Gasteiger charge is 2.39. The maximum atomic E-state index is 12.6. The molecule has 1 aliphatic rings. The van der Waals surface area contributed by atoms with Crippen molar-refractivity contribution >= 4 is 17.4 Å². The SMILES string of the molecule is C=CCOC1C(=O)c2ccccc2N(CCCCCC)C1=O. The molecule has 0 aromatic heterocycles. The highest BCUT2D eigenvalue weighted by molar-refractivity contribution is 6.23. The van der Waals surface area contributed by atoms with Gasteiger partial charge in [-0.25, -0.2) is 0 Å². The summed E-state index contributed by atoms with van der Waals surface area (Å²) in [6.07, 6.45) is 4.81. The van der Waals surface area contributed by atoms with Crippen molar-refractivity contribution in [2.24, 2.45) is 0 Å². The highest BCUT2D eigenvalue weighted by Crippen LogP contribution is 2.29. The van der Waals surface area contributed by atoms with Crippen molar-refractivity contribution in [3.8, 4) is 0 Å². The molecule has 1 amide bonds. The van der Waals surface area contributed by atoms with Crippen molar-refractivity contribution in [3.05, 3.63) is 42.5 Å². The van der Waals surface area contributed by atoms with Crippen molar-refractivity contribution in [2.75, 3.05) is 18.1 Å². The fourth-order valence-corrected chi connectivity index (χ4v) is 2.67. The Morgan fingerprint density at radius 2 is 2.00 bits per heavy atom. The van der Waals surface area contributed by atoms with E-state index in [4.69, 9.17) is 4.74 Å². The van der Waals surface area contributed by atoms with Crippen LogP contribution in [0.5, 0.6) is 0 Å². The van der Waals surface area contributed by atoms with Gasteiger partial charge < -0.3 is 9.64 Å². The number of para-hydroxylation sites is 1. The summed E-state index contributed by atoms with van der Waals surface area (Å²) in [5.74, 6) is -0.519. The number of unbranched alkanes of at least 4 members (excludes halogenated alkanes) is 3. The van der Waals surface area contributed by atoms with Crippen LogP contribution in [0.3, 0.4) is 0 Å². The number of hydrogen-bond donors (Lipinski definition) is 0. The Bertz CT molecular complexity index is 553. The van der Waals surface area contributed by atoms with Crippen molar-refractivity contribution in [1.29, 1.82) is 0 Å². The zero-order valence-corrected chi connectivity index (χ0v) is 13.1. The van der Waals surface area contributed by atoms with Gasteiger partial charge in [0.15, 0.2) is 6.10 Å². The van der Waals surface area contributed by atoms with Gasteiger partial charge in [-0.2, -0.15) is 0 Å². The molecule has 0 bridgehead atoms. The Labute approximate surface area is 131 Å². The number of amides is 1. The van der Waals surface area contributed by atoms with Crippen LogP contribution in [0.2, 0.25) is 0 Å². The predicted octanol–water partition coefficient (Wildman–Crippen LogP) is 3.37. The molecule has 0 radical (unpaired) electrons. The molecule has 0 saturated heterocycles. The monoisotopic (exact) mass is 301 g/mol. The van der Waals surface area contributed by atoms with Crippen LogP contribution in [-0.4, -0.2) is 30.9 Å². The third-order valence-corrected chi connectivity index (χ3v) is 3.80. The van der Waals surface area contributed by atoms with Gasteiger partial charge in [-0.1, -0.05) is 44.4 Å². The van der Waals surface area contributed by atoms with Gasteiger partial charge in [0.1, 0.15) is 0 Å². The van der Waals surface area contributed by atoms with Gasteiger partial charge in [-0.3, -0.25) is 9.59 Å². The summed E-state index contributed by atoms with van der Waals surface area (Å²) in [4.78, 5) is 26.8. The standard InChI is InChI=1S/C18H23NO3/c1-3-5-6-9-12-19-15-11-8-7-10-14(15)16(20)17(18(19)21)22-13-4-2/h4,7-8,10-11,17H,2-3,5-6,9,12-13H2,1H3. The van der Waals surface area contributed by atoms with Crippen molar-refractivity contribution in [2.45, 2.75) is 38.7 Å². The number of rotatable bonds is 8. The first-order chi connectivity index (χ1) is 10.7. The summed E-state index contributed by atoms with van der Waals surface area (Å²) in [6, 6.07) is 7.25. The Balaban J connectivity index is 2.22. The number of anilines is 1. The molecular weight excluding hydrogens is 278 g/mol. The van der Waals surface area contributed by atoms with Gasteiger partial charge in [0, 0.05) is 12.1 Å². The van der Waals surface area contributed by atoms with E-state index in [1.807, 2.05) is 18.2 Å². The molecule has 0 N–H and O–H groups in total. The molecule has 118 valence electrons. The van der Waals surface area contributed by atoms with Crippen molar-refractivity contribution in [1.82, 2.24) is 0 Å². The number of nitrogens with zero attached hydrogens (tertiary/aromatic N) is 1. The average Bonchev–Trinajstić information content (AvgIpc) is 2.54. The fraction of sp³-hybridized carbons (Fsp3) is 0.444. The summed E-state index contributed by atoms with van der Waals surface area (Å²) in [6.45, 7) is 6.53. The molecule has 1 unspecified atom stereocenters. The van der Waals surface area contributed by atoms with Gasteiger partial charge in [0.05, 0.1) is 12.3 Å². The number of fused-ring (bicyclic) bond motifs is 1. The lowest BCUT2D eigenvalue weighted by molar-refractivity contribution is -0.127. The minimum absolute atomic E-state index is 0.188. The highest BCUT2D eigenvalue weighted by atomic mass is 16.5. The molecule has 0 spiro atoms. The van der Waals surface area contributed by atoms with E-state index in [-0.39, 0.29) is 18.3 Å². The maximum absolute atomic E-state index is 12.6. The number of hydrogen-bond acceptors (Lipinski definition) is 3. The number of ketones is 1. The summed E-state index contributed by atoms with van der Waals surface area (Å²) < 4.78 is 5.41. The van der Waals surface area contributed by atoms with E-state index in [1.165, 1.54) is 0 Å². The maximum Gasteiger partial charge on any atom is 0.264 e. The molecular formula is C18H23NO3. The molecule has 1 aliphatic heterocycles. The lowest BCUT2D eigenvalue weighted by atomic mass is 9.97. The quantitative estimate of drug-likeness (QED) is 0.420. The Morgan fingerprint density at radius 3 is 2.73 bits per heavy atom. The molecule has 1 heterocycles. The van der Waals surface area contributed by atoms with E-state index in [2.05, 4.69) is 13.5 Å². The summed E-state index contributed by atoms with van der Waals surface area (Å²) in [5.41, 5.74) is 1.26. The lowest BCUT2D eigenvalue weighted by Gasteiger charge is -2.33. The molecule has 4 heteroatoms. The van der Waals surface area contributed by atoms with Gasteiger partial charge in [-0.05, 0) is 18.6 Å². The zero-order valence-electron chi connectivity index (χ0n) is 13.1. The first kappa shape index (κ1) is 16.4. The van der Waals surface area contributed by atoms with E-state index in [9.17, 15) is 9.59 Å². The summed E-state index contributed by atoms with van der Waals surface area (Å²) in [5, 5.41) is 0. The van der Waals surface area contributed by atoms with Crippen LogP contribution in [-0.2, 0) is 9.53 Å². The molecule has 1 aromatic carbocycles. The van der Waals surface area contributed by atoms with Gasteiger partial charge in [-0.15, -0.1) is 6.58 Å². The predicted molar refractivity (Wildman–Crippen MR) is 87.2 cm³/mol. The van der Waals surface area contributed by atoms with Crippen LogP contribution in [0.15, 0.2) is 36.9 Å². The first-order valence-corrected chi connectivity index (χ1v) is 7.87. The molecule has 2 rings (SSSR count). The number of benzene rings is 1. The van der Waals surface area contributed by atoms with Crippen LogP contribution in [0.4, 0.5) is 5.69 Å². The Morgan fingerprint density at radius 1 is 1.23 bits per heavy atom. The largest absolute Gasteiger partial charge is 0.356 e. The smallest absolute Gasteiger partial charge is 0.264 e. The molecule has 0 fully saturated rings. The molecule has 4 nitrogen and oxygen atoms in total. The van der Waals surface area contributed by atoms with E-state index in [0.717, 1.165) is 25.7 Å². The van der Waals surface area contributed by atoms with Crippen LogP contribution in [0.25, 0.3) is 0 Å². The topological polar surface area (TPSA) is 46.6 Å².